The van der Waals surface area contributed by atoms with Gasteiger partial charge >= 0.3 is 11.2 Å². The Morgan fingerprint density at radius 3 is 2.66 bits per heavy atom. The van der Waals surface area contributed by atoms with Crippen LogP contribution in [0.4, 0.5) is 5.82 Å². The lowest BCUT2D eigenvalue weighted by Crippen LogP contribution is -2.40. The van der Waals surface area contributed by atoms with Crippen LogP contribution in [0.15, 0.2) is 58.3 Å². The van der Waals surface area contributed by atoms with Crippen LogP contribution in [0, 0.1) is 0 Å². The predicted octanol–water partition coefficient (Wildman–Crippen LogP) is 2.77. The molecule has 1 aromatic carbocycles. The first-order valence-corrected chi connectivity index (χ1v) is 11.2. The van der Waals surface area contributed by atoms with Crippen LogP contribution in [0.5, 0.6) is 0 Å². The zero-order valence-corrected chi connectivity index (χ0v) is 18.1. The van der Waals surface area contributed by atoms with Crippen LogP contribution in [-0.4, -0.2) is 25.6 Å². The maximum atomic E-state index is 13.0. The third-order valence-corrected chi connectivity index (χ3v) is 5.84. The Kier molecular flexibility index (Phi) is 5.34. The smallest absolute Gasteiger partial charge is 0.370 e. The summed E-state index contributed by atoms with van der Waals surface area (Å²) in [5.74, 6) is 1.46. The number of nitrogens with zero attached hydrogens (tertiary/aromatic N) is 3. The van der Waals surface area contributed by atoms with Crippen molar-refractivity contribution < 1.29 is 4.98 Å². The molecule has 0 spiro atoms. The van der Waals surface area contributed by atoms with Crippen molar-refractivity contribution in [2.24, 2.45) is 0 Å². The van der Waals surface area contributed by atoms with Crippen LogP contribution >= 0.6 is 0 Å². The predicted molar refractivity (Wildman–Crippen MR) is 124 cm³/mol. The maximum Gasteiger partial charge on any atom is 0.389 e. The summed E-state index contributed by atoms with van der Waals surface area (Å²) in [5.41, 5.74) is 2.59. The minimum atomic E-state index is -0.255. The molecular formula is C24H27N6O2+. The van der Waals surface area contributed by atoms with Crippen LogP contribution in [0.3, 0.4) is 0 Å². The first kappa shape index (κ1) is 20.2. The number of fused-ring (bicyclic) bond motifs is 1. The van der Waals surface area contributed by atoms with Crippen molar-refractivity contribution in [2.75, 3.05) is 11.9 Å². The molecule has 4 aromatic rings. The van der Waals surface area contributed by atoms with Gasteiger partial charge in [0, 0.05) is 18.8 Å². The third-order valence-electron chi connectivity index (χ3n) is 5.84. The van der Waals surface area contributed by atoms with E-state index in [1.54, 1.807) is 10.8 Å². The highest BCUT2D eigenvalue weighted by Crippen LogP contribution is 2.32. The summed E-state index contributed by atoms with van der Waals surface area (Å²) in [5, 5.41) is 3.34. The van der Waals surface area contributed by atoms with E-state index in [4.69, 9.17) is 0 Å². The fraction of sp³-hybridized carbons (Fsp3) is 0.333. The molecule has 1 saturated carbocycles. The molecule has 8 nitrogen and oxygen atoms in total. The molecule has 0 radical (unpaired) electrons. The first-order chi connectivity index (χ1) is 15.7. The number of imidazole rings is 1. The molecule has 164 valence electrons. The van der Waals surface area contributed by atoms with Crippen LogP contribution in [0.25, 0.3) is 22.6 Å². The van der Waals surface area contributed by atoms with E-state index in [1.807, 2.05) is 37.3 Å². The summed E-state index contributed by atoms with van der Waals surface area (Å²) >= 11 is 0. The van der Waals surface area contributed by atoms with E-state index < -0.39 is 0 Å². The van der Waals surface area contributed by atoms with Gasteiger partial charge in [-0.3, -0.25) is 9.78 Å². The van der Waals surface area contributed by atoms with Crippen LogP contribution in [0.2, 0.25) is 0 Å². The number of hydrogen-bond acceptors (Lipinski definition) is 4. The van der Waals surface area contributed by atoms with Gasteiger partial charge in [-0.2, -0.15) is 0 Å². The molecule has 3 aromatic heterocycles. The Hall–Kier alpha value is -3.68. The van der Waals surface area contributed by atoms with E-state index in [0.717, 1.165) is 43.6 Å². The highest BCUT2D eigenvalue weighted by molar-refractivity contribution is 5.70. The van der Waals surface area contributed by atoms with Crippen molar-refractivity contribution in [3.63, 3.8) is 0 Å². The average molecular weight is 432 g/mol. The second kappa shape index (κ2) is 8.45. The monoisotopic (exact) mass is 431 g/mol. The standard InChI is InChI=1S/C24H26N6O2/c1-2-14-29-22-20(23(31)30(24(29)32)18-9-10-18)27-21(28-22)17-8-11-19(26-15-17)25-13-12-16-6-4-3-5-7-16/h3-8,11,15,18H,2,9-10,12-14H2,1H3,(H,25,26)(H,27,28)/p+1. The SMILES string of the molecule is CCCn1c(=O)n(C2CC2)c(=O)c2[nH]c(-c3ccc(NCCc4ccccc4)nc3)[nH+]c21. The number of aromatic nitrogens is 5. The normalized spacial score (nSPS) is 13.5. The van der Waals surface area contributed by atoms with Crippen LogP contribution in [0.1, 0.15) is 37.8 Å². The van der Waals surface area contributed by atoms with Gasteiger partial charge in [0.15, 0.2) is 0 Å². The molecule has 3 N–H and O–H groups in total. The summed E-state index contributed by atoms with van der Waals surface area (Å²) in [6.45, 7) is 3.36. The Bertz CT molecular complexity index is 1350. The lowest BCUT2D eigenvalue weighted by Gasteiger charge is -2.05. The highest BCUT2D eigenvalue weighted by atomic mass is 16.2. The largest absolute Gasteiger partial charge is 0.389 e. The van der Waals surface area contributed by atoms with Gasteiger partial charge < -0.3 is 5.32 Å². The van der Waals surface area contributed by atoms with Gasteiger partial charge in [0.25, 0.3) is 5.65 Å². The molecule has 1 aliphatic rings. The molecule has 32 heavy (non-hydrogen) atoms. The Labute approximate surface area is 185 Å². The summed E-state index contributed by atoms with van der Waals surface area (Å²) in [6, 6.07) is 14.2. The summed E-state index contributed by atoms with van der Waals surface area (Å²) in [4.78, 5) is 36.9. The van der Waals surface area contributed by atoms with Crippen molar-refractivity contribution >= 4 is 17.0 Å². The van der Waals surface area contributed by atoms with Gasteiger partial charge in [0.1, 0.15) is 5.82 Å². The number of nitrogens with one attached hydrogen (secondary N) is 3. The third kappa shape index (κ3) is 3.84. The second-order valence-corrected chi connectivity index (χ2v) is 8.28. The first-order valence-electron chi connectivity index (χ1n) is 11.2. The summed E-state index contributed by atoms with van der Waals surface area (Å²) in [7, 11) is 0. The highest BCUT2D eigenvalue weighted by Gasteiger charge is 2.32. The molecule has 3 heterocycles. The minimum absolute atomic E-state index is 0.0252. The van der Waals surface area contributed by atoms with E-state index in [9.17, 15) is 9.59 Å². The van der Waals surface area contributed by atoms with Gasteiger partial charge in [0.2, 0.25) is 11.3 Å². The molecule has 0 amide bonds. The molecule has 0 aliphatic heterocycles. The van der Waals surface area contributed by atoms with E-state index >= 15 is 0 Å². The van der Waals surface area contributed by atoms with E-state index in [-0.39, 0.29) is 17.3 Å². The van der Waals surface area contributed by atoms with E-state index in [2.05, 4.69) is 32.4 Å². The maximum absolute atomic E-state index is 13.0. The molecule has 0 saturated heterocycles. The van der Waals surface area contributed by atoms with Crippen molar-refractivity contribution in [2.45, 2.75) is 45.2 Å². The topological polar surface area (TPSA) is 98.8 Å². The van der Waals surface area contributed by atoms with Crippen LogP contribution < -0.4 is 21.5 Å². The molecule has 5 rings (SSSR count). The van der Waals surface area contributed by atoms with Gasteiger partial charge in [-0.05, 0) is 43.4 Å². The molecule has 0 bridgehead atoms. The molecule has 0 unspecified atom stereocenters. The number of benzene rings is 1. The van der Waals surface area contributed by atoms with Crippen molar-refractivity contribution in [1.29, 1.82) is 0 Å². The molecule has 0 atom stereocenters. The summed E-state index contributed by atoms with van der Waals surface area (Å²) in [6.07, 6.45) is 5.24. The Morgan fingerprint density at radius 2 is 1.97 bits per heavy atom. The number of rotatable bonds is 8. The van der Waals surface area contributed by atoms with Crippen molar-refractivity contribution in [1.82, 2.24) is 19.1 Å². The van der Waals surface area contributed by atoms with E-state index in [1.165, 1.54) is 10.1 Å². The van der Waals surface area contributed by atoms with Gasteiger partial charge in [0.05, 0.1) is 12.1 Å². The number of aromatic amines is 2. The average Bonchev–Trinajstić information content (AvgIpc) is 3.54. The Balaban J connectivity index is 1.41. The van der Waals surface area contributed by atoms with Gasteiger partial charge in [-0.25, -0.2) is 23.9 Å². The second-order valence-electron chi connectivity index (χ2n) is 8.28. The number of hydrogen-bond donors (Lipinski definition) is 2. The van der Waals surface area contributed by atoms with Crippen LogP contribution in [-0.2, 0) is 13.0 Å². The number of H-pyrrole nitrogens is 2. The summed E-state index contributed by atoms with van der Waals surface area (Å²) < 4.78 is 3.08. The number of aryl methyl sites for hydroxylation is 1. The number of anilines is 1. The zero-order chi connectivity index (χ0) is 22.1. The zero-order valence-electron chi connectivity index (χ0n) is 18.1. The Morgan fingerprint density at radius 1 is 1.16 bits per heavy atom. The van der Waals surface area contributed by atoms with Gasteiger partial charge in [-0.1, -0.05) is 37.3 Å². The van der Waals surface area contributed by atoms with E-state index in [0.29, 0.717) is 23.5 Å². The van der Waals surface area contributed by atoms with Crippen molar-refractivity contribution in [3.05, 3.63) is 75.1 Å². The molecule has 1 aliphatic carbocycles. The molecule has 1 fully saturated rings. The fourth-order valence-corrected chi connectivity index (χ4v) is 4.04. The number of pyridine rings is 1. The lowest BCUT2D eigenvalue weighted by molar-refractivity contribution is -0.335. The molecule has 8 heteroatoms. The van der Waals surface area contributed by atoms with Crippen molar-refractivity contribution in [3.8, 4) is 11.4 Å². The quantitative estimate of drug-likeness (QED) is 0.448. The lowest BCUT2D eigenvalue weighted by atomic mass is 10.1. The molecular weight excluding hydrogens is 404 g/mol. The minimum Gasteiger partial charge on any atom is -0.370 e. The fourth-order valence-electron chi connectivity index (χ4n) is 4.04. The van der Waals surface area contributed by atoms with Gasteiger partial charge in [-0.15, -0.1) is 0 Å².